The zero-order valence-electron chi connectivity index (χ0n) is 22.8. The summed E-state index contributed by atoms with van der Waals surface area (Å²) in [4.78, 5) is 13.8. The molecule has 0 radical (unpaired) electrons. The van der Waals surface area contributed by atoms with Crippen molar-refractivity contribution in [1.29, 1.82) is 0 Å². The molecule has 2 nitrogen and oxygen atoms in total. The standard InChI is InChI=1S/C33H48O2S/c1-3-5-6-7-8-9-10-11-12-13-14-15-18-27-35-33-20-17-16-19-30(33)23-26-32(34)29-21-24-31(25-22-29)36-28-4-2/h16-17,19-26H,3-15,18,27-28H2,1-2H3. The molecule has 0 unspecified atom stereocenters. The van der Waals surface area contributed by atoms with Crippen LogP contribution in [0.5, 0.6) is 5.75 Å². The Morgan fingerprint density at radius 3 is 1.92 bits per heavy atom. The summed E-state index contributed by atoms with van der Waals surface area (Å²) in [5.41, 5.74) is 1.67. The van der Waals surface area contributed by atoms with E-state index in [0.717, 1.165) is 42.1 Å². The first-order valence-corrected chi connectivity index (χ1v) is 15.4. The fourth-order valence-corrected chi connectivity index (χ4v) is 5.02. The van der Waals surface area contributed by atoms with Crippen molar-refractivity contribution in [1.82, 2.24) is 0 Å². The molecule has 2 rings (SSSR count). The van der Waals surface area contributed by atoms with Gasteiger partial charge in [-0.25, -0.2) is 0 Å². The van der Waals surface area contributed by atoms with Crippen LogP contribution < -0.4 is 4.74 Å². The van der Waals surface area contributed by atoms with Crippen molar-refractivity contribution >= 4 is 23.6 Å². The number of allylic oxidation sites excluding steroid dienone is 1. The first-order chi connectivity index (χ1) is 17.7. The van der Waals surface area contributed by atoms with Gasteiger partial charge in [0.1, 0.15) is 5.75 Å². The zero-order valence-corrected chi connectivity index (χ0v) is 23.6. The summed E-state index contributed by atoms with van der Waals surface area (Å²) in [6, 6.07) is 15.9. The molecule has 0 heterocycles. The van der Waals surface area contributed by atoms with E-state index in [0.29, 0.717) is 0 Å². The number of rotatable bonds is 21. The van der Waals surface area contributed by atoms with E-state index in [1.165, 1.54) is 81.9 Å². The quantitative estimate of drug-likeness (QED) is 0.0726. The second kappa shape index (κ2) is 20.1. The van der Waals surface area contributed by atoms with Crippen molar-refractivity contribution in [2.24, 2.45) is 0 Å². The molecule has 0 saturated carbocycles. The van der Waals surface area contributed by atoms with E-state index in [2.05, 4.69) is 13.8 Å². The third-order valence-electron chi connectivity index (χ3n) is 6.45. The Kier molecular flexibility index (Phi) is 16.9. The average Bonchev–Trinajstić information content (AvgIpc) is 2.91. The maximum absolute atomic E-state index is 12.6. The van der Waals surface area contributed by atoms with Gasteiger partial charge in [0, 0.05) is 16.0 Å². The monoisotopic (exact) mass is 508 g/mol. The largest absolute Gasteiger partial charge is 0.493 e. The third kappa shape index (κ3) is 13.3. The molecule has 198 valence electrons. The Bertz CT molecular complexity index is 856. The van der Waals surface area contributed by atoms with Crippen LogP contribution in [0.15, 0.2) is 59.5 Å². The van der Waals surface area contributed by atoms with Gasteiger partial charge in [-0.2, -0.15) is 0 Å². The molecule has 0 fully saturated rings. The molecule has 0 aliphatic rings. The number of carbonyl (C=O) groups excluding carboxylic acids is 1. The molecule has 0 aliphatic heterocycles. The number of carbonyl (C=O) groups is 1. The van der Waals surface area contributed by atoms with Gasteiger partial charge in [-0.1, -0.05) is 109 Å². The Morgan fingerprint density at radius 2 is 1.31 bits per heavy atom. The first kappa shape index (κ1) is 30.2. The lowest BCUT2D eigenvalue weighted by atomic mass is 10.0. The summed E-state index contributed by atoms with van der Waals surface area (Å²) >= 11 is 1.83. The van der Waals surface area contributed by atoms with E-state index in [-0.39, 0.29) is 5.78 Å². The molecule has 0 saturated heterocycles. The molecular weight excluding hydrogens is 460 g/mol. The van der Waals surface area contributed by atoms with Gasteiger partial charge in [0.25, 0.3) is 0 Å². The van der Waals surface area contributed by atoms with E-state index in [4.69, 9.17) is 4.74 Å². The van der Waals surface area contributed by atoms with Gasteiger partial charge in [0.2, 0.25) is 0 Å². The third-order valence-corrected chi connectivity index (χ3v) is 7.67. The first-order valence-electron chi connectivity index (χ1n) is 14.4. The molecule has 2 aromatic rings. The molecule has 0 amide bonds. The van der Waals surface area contributed by atoms with Gasteiger partial charge >= 0.3 is 0 Å². The minimum Gasteiger partial charge on any atom is -0.493 e. The van der Waals surface area contributed by atoms with Crippen molar-refractivity contribution in [2.45, 2.75) is 109 Å². The van der Waals surface area contributed by atoms with Crippen LogP contribution in [0, 0.1) is 0 Å². The maximum atomic E-state index is 12.6. The van der Waals surface area contributed by atoms with Crippen LogP contribution >= 0.6 is 11.8 Å². The maximum Gasteiger partial charge on any atom is 0.185 e. The Hall–Kier alpha value is -2.00. The van der Waals surface area contributed by atoms with E-state index in [1.807, 2.05) is 66.4 Å². The fraction of sp³-hybridized carbons (Fsp3) is 0.545. The highest BCUT2D eigenvalue weighted by atomic mass is 32.2. The van der Waals surface area contributed by atoms with Crippen LogP contribution in [0.4, 0.5) is 0 Å². The number of para-hydroxylation sites is 1. The number of ether oxygens (including phenoxy) is 1. The number of benzene rings is 2. The van der Waals surface area contributed by atoms with Gasteiger partial charge in [-0.15, -0.1) is 11.8 Å². The van der Waals surface area contributed by atoms with Gasteiger partial charge in [-0.3, -0.25) is 4.79 Å². The van der Waals surface area contributed by atoms with Gasteiger partial charge in [0.15, 0.2) is 5.78 Å². The van der Waals surface area contributed by atoms with Crippen LogP contribution in [-0.2, 0) is 0 Å². The second-order valence-electron chi connectivity index (χ2n) is 9.70. The topological polar surface area (TPSA) is 26.3 Å². The Morgan fingerprint density at radius 1 is 0.722 bits per heavy atom. The second-order valence-corrected chi connectivity index (χ2v) is 10.9. The van der Waals surface area contributed by atoms with Gasteiger partial charge < -0.3 is 4.74 Å². The van der Waals surface area contributed by atoms with E-state index in [1.54, 1.807) is 6.08 Å². The average molecular weight is 509 g/mol. The Labute approximate surface area is 225 Å². The Balaban J connectivity index is 1.61. The lowest BCUT2D eigenvalue weighted by Gasteiger charge is -2.09. The number of unbranched alkanes of at least 4 members (excludes halogenated alkanes) is 12. The lowest BCUT2D eigenvalue weighted by Crippen LogP contribution is -1.99. The summed E-state index contributed by atoms with van der Waals surface area (Å²) < 4.78 is 6.06. The highest BCUT2D eigenvalue weighted by Gasteiger charge is 2.04. The van der Waals surface area contributed by atoms with Crippen molar-refractivity contribution in [3.05, 3.63) is 65.7 Å². The van der Waals surface area contributed by atoms with Crippen LogP contribution in [0.2, 0.25) is 0 Å². The molecule has 0 aliphatic carbocycles. The fourth-order valence-electron chi connectivity index (χ4n) is 4.25. The molecule has 0 atom stereocenters. The predicted octanol–water partition coefficient (Wildman–Crippen LogP) is 10.6. The van der Waals surface area contributed by atoms with E-state index in [9.17, 15) is 4.79 Å². The number of hydrogen-bond acceptors (Lipinski definition) is 3. The van der Waals surface area contributed by atoms with Crippen LogP contribution in [0.25, 0.3) is 6.08 Å². The van der Waals surface area contributed by atoms with Crippen LogP contribution in [0.1, 0.15) is 120 Å². The van der Waals surface area contributed by atoms with Crippen LogP contribution in [0.3, 0.4) is 0 Å². The van der Waals surface area contributed by atoms with E-state index >= 15 is 0 Å². The molecule has 0 aromatic heterocycles. The number of thioether (sulfide) groups is 1. The molecular formula is C33H48O2S. The van der Waals surface area contributed by atoms with E-state index < -0.39 is 0 Å². The highest BCUT2D eigenvalue weighted by Crippen LogP contribution is 2.22. The molecule has 0 spiro atoms. The van der Waals surface area contributed by atoms with Crippen molar-refractivity contribution in [3.8, 4) is 5.75 Å². The predicted molar refractivity (Wildman–Crippen MR) is 158 cm³/mol. The molecule has 3 heteroatoms. The molecule has 0 bridgehead atoms. The van der Waals surface area contributed by atoms with Crippen LogP contribution in [-0.4, -0.2) is 18.1 Å². The summed E-state index contributed by atoms with van der Waals surface area (Å²) in [5, 5.41) is 0. The van der Waals surface area contributed by atoms with Crippen molar-refractivity contribution < 1.29 is 9.53 Å². The molecule has 0 N–H and O–H groups in total. The molecule has 2 aromatic carbocycles. The normalized spacial score (nSPS) is 11.3. The minimum atomic E-state index is 0.0216. The number of hydrogen-bond donors (Lipinski definition) is 0. The zero-order chi connectivity index (χ0) is 25.7. The molecule has 36 heavy (non-hydrogen) atoms. The van der Waals surface area contributed by atoms with Crippen molar-refractivity contribution in [2.75, 3.05) is 12.4 Å². The minimum absolute atomic E-state index is 0.0216. The summed E-state index contributed by atoms with van der Waals surface area (Å²) in [6.07, 6.45) is 22.2. The van der Waals surface area contributed by atoms with Crippen molar-refractivity contribution in [3.63, 3.8) is 0 Å². The number of ketones is 1. The highest BCUT2D eigenvalue weighted by molar-refractivity contribution is 7.99. The summed E-state index contributed by atoms with van der Waals surface area (Å²) in [6.45, 7) is 5.19. The van der Waals surface area contributed by atoms with Gasteiger partial charge in [-0.05, 0) is 61.1 Å². The SMILES string of the molecule is CCCCCCCCCCCCCCCOc1ccccc1C=CC(=O)c1ccc(SCCC)cc1. The summed E-state index contributed by atoms with van der Waals surface area (Å²) in [5.74, 6) is 1.98. The van der Waals surface area contributed by atoms with Gasteiger partial charge in [0.05, 0.1) is 6.61 Å². The smallest absolute Gasteiger partial charge is 0.185 e. The lowest BCUT2D eigenvalue weighted by molar-refractivity contribution is 0.104. The summed E-state index contributed by atoms with van der Waals surface area (Å²) in [7, 11) is 0.